The summed E-state index contributed by atoms with van der Waals surface area (Å²) in [5.74, 6) is -0.904. The fourth-order valence-electron chi connectivity index (χ4n) is 10.3. The van der Waals surface area contributed by atoms with Crippen molar-refractivity contribution in [2.24, 2.45) is 0 Å². The Labute approximate surface area is 491 Å². The molecule has 0 amide bonds. The molecule has 0 saturated carbocycles. The molecule has 0 aliphatic carbocycles. The van der Waals surface area contributed by atoms with Gasteiger partial charge in [-0.25, -0.2) is 0 Å². The van der Waals surface area contributed by atoms with E-state index < -0.39 is 6.10 Å². The molecule has 0 spiro atoms. The zero-order valence-electron chi connectivity index (χ0n) is 52.9. The summed E-state index contributed by atoms with van der Waals surface area (Å²) in [5.41, 5.74) is 0. The number of hydrogen-bond donors (Lipinski definition) is 0. The van der Waals surface area contributed by atoms with Crippen molar-refractivity contribution < 1.29 is 28.6 Å². The Bertz CT molecular complexity index is 1410. The van der Waals surface area contributed by atoms with Gasteiger partial charge in [-0.3, -0.25) is 14.4 Å². The SMILES string of the molecule is CC/C=C\C/C=C\C/C=C\CCCCCC(=O)OCC(COC(=O)CCCCCCCCCCCCCCCCCCCCCCCCCCCCCCCCC)OC(=O)CCCCCCCCC/C=C\C/C=C\CCCCC. The average Bonchev–Trinajstić information content (AvgIpc) is 3.45. The predicted molar refractivity (Wildman–Crippen MR) is 344 cm³/mol. The summed E-state index contributed by atoms with van der Waals surface area (Å²) in [6.45, 7) is 6.52. The Kier molecular flexibility index (Phi) is 65.1. The molecule has 0 aliphatic rings. The van der Waals surface area contributed by atoms with E-state index in [2.05, 4.69) is 81.5 Å². The normalized spacial score (nSPS) is 12.4. The highest BCUT2D eigenvalue weighted by molar-refractivity contribution is 5.71. The van der Waals surface area contributed by atoms with Gasteiger partial charge in [-0.05, 0) is 83.5 Å². The van der Waals surface area contributed by atoms with Crippen LogP contribution in [0.25, 0.3) is 0 Å². The quantitative estimate of drug-likeness (QED) is 0.0261. The number of ether oxygens (including phenoxy) is 3. The van der Waals surface area contributed by atoms with Gasteiger partial charge in [-0.2, -0.15) is 0 Å². The van der Waals surface area contributed by atoms with Gasteiger partial charge in [-0.15, -0.1) is 0 Å². The van der Waals surface area contributed by atoms with Crippen LogP contribution in [0.4, 0.5) is 0 Å². The van der Waals surface area contributed by atoms with Crippen LogP contribution in [0.3, 0.4) is 0 Å². The fraction of sp³-hybridized carbons (Fsp3) is 0.822. The first-order valence-corrected chi connectivity index (χ1v) is 34.8. The van der Waals surface area contributed by atoms with Crippen molar-refractivity contribution >= 4 is 17.9 Å². The molecular weight excluding hydrogens is 973 g/mol. The molecule has 0 rings (SSSR count). The second-order valence-electron chi connectivity index (χ2n) is 23.4. The van der Waals surface area contributed by atoms with E-state index >= 15 is 0 Å². The number of allylic oxidation sites excluding steroid dienone is 10. The van der Waals surface area contributed by atoms with Crippen molar-refractivity contribution in [3.8, 4) is 0 Å². The van der Waals surface area contributed by atoms with E-state index in [1.165, 1.54) is 231 Å². The van der Waals surface area contributed by atoms with Crippen LogP contribution in [0.2, 0.25) is 0 Å². The molecule has 0 N–H and O–H groups in total. The Morgan fingerprint density at radius 1 is 0.266 bits per heavy atom. The minimum Gasteiger partial charge on any atom is -0.462 e. The van der Waals surface area contributed by atoms with Gasteiger partial charge in [0.05, 0.1) is 0 Å². The van der Waals surface area contributed by atoms with Crippen molar-refractivity contribution in [2.75, 3.05) is 13.2 Å². The number of unbranched alkanes of at least 4 members (excludes halogenated alkanes) is 43. The van der Waals surface area contributed by atoms with Crippen molar-refractivity contribution in [2.45, 2.75) is 374 Å². The second-order valence-corrected chi connectivity index (χ2v) is 23.4. The predicted octanol–water partition coefficient (Wildman–Crippen LogP) is 23.9. The zero-order valence-corrected chi connectivity index (χ0v) is 52.9. The molecule has 6 nitrogen and oxygen atoms in total. The zero-order chi connectivity index (χ0) is 57.1. The number of rotatable bonds is 64. The van der Waals surface area contributed by atoms with E-state index in [-0.39, 0.29) is 31.1 Å². The molecule has 0 aromatic heterocycles. The van der Waals surface area contributed by atoms with E-state index in [1.807, 2.05) is 0 Å². The maximum absolute atomic E-state index is 12.9. The summed E-state index contributed by atoms with van der Waals surface area (Å²) in [5, 5.41) is 0. The van der Waals surface area contributed by atoms with Crippen LogP contribution in [0.15, 0.2) is 60.8 Å². The van der Waals surface area contributed by atoms with Gasteiger partial charge < -0.3 is 14.2 Å². The number of carbonyl (C=O) groups excluding carboxylic acids is 3. The topological polar surface area (TPSA) is 78.9 Å². The molecule has 0 aromatic carbocycles. The molecule has 79 heavy (non-hydrogen) atoms. The van der Waals surface area contributed by atoms with Crippen LogP contribution >= 0.6 is 0 Å². The van der Waals surface area contributed by atoms with Crippen LogP contribution in [-0.2, 0) is 28.6 Å². The van der Waals surface area contributed by atoms with E-state index in [0.29, 0.717) is 19.3 Å². The first-order chi connectivity index (χ1) is 39.0. The summed E-state index contributed by atoms with van der Waals surface area (Å²) in [6, 6.07) is 0. The lowest BCUT2D eigenvalue weighted by atomic mass is 10.0. The van der Waals surface area contributed by atoms with Gasteiger partial charge in [0.1, 0.15) is 13.2 Å². The molecule has 6 heteroatoms. The van der Waals surface area contributed by atoms with Gasteiger partial charge in [0.25, 0.3) is 0 Å². The first-order valence-electron chi connectivity index (χ1n) is 34.8. The lowest BCUT2D eigenvalue weighted by molar-refractivity contribution is -0.167. The van der Waals surface area contributed by atoms with Gasteiger partial charge in [0.15, 0.2) is 6.10 Å². The summed E-state index contributed by atoms with van der Waals surface area (Å²) < 4.78 is 16.9. The van der Waals surface area contributed by atoms with E-state index in [0.717, 1.165) is 96.3 Å². The lowest BCUT2D eigenvalue weighted by Crippen LogP contribution is -2.30. The van der Waals surface area contributed by atoms with Gasteiger partial charge in [0.2, 0.25) is 0 Å². The monoisotopic (exact) mass is 1110 g/mol. The van der Waals surface area contributed by atoms with Crippen LogP contribution in [0, 0.1) is 0 Å². The maximum atomic E-state index is 12.9. The van der Waals surface area contributed by atoms with Crippen molar-refractivity contribution in [1.29, 1.82) is 0 Å². The number of hydrogen-bond acceptors (Lipinski definition) is 6. The van der Waals surface area contributed by atoms with Crippen molar-refractivity contribution in [1.82, 2.24) is 0 Å². The lowest BCUT2D eigenvalue weighted by Gasteiger charge is -2.18. The Hall–Kier alpha value is -2.89. The minimum absolute atomic E-state index is 0.0840. The third-order valence-electron chi connectivity index (χ3n) is 15.5. The maximum Gasteiger partial charge on any atom is 0.306 e. The molecule has 0 radical (unpaired) electrons. The fourth-order valence-corrected chi connectivity index (χ4v) is 10.3. The number of esters is 3. The molecule has 1 unspecified atom stereocenters. The molecule has 0 fully saturated rings. The first kappa shape index (κ1) is 76.1. The van der Waals surface area contributed by atoms with Crippen LogP contribution < -0.4 is 0 Å². The molecule has 0 saturated heterocycles. The van der Waals surface area contributed by atoms with Crippen LogP contribution in [0.5, 0.6) is 0 Å². The smallest absolute Gasteiger partial charge is 0.306 e. The molecule has 460 valence electrons. The van der Waals surface area contributed by atoms with Gasteiger partial charge in [-0.1, -0.05) is 326 Å². The van der Waals surface area contributed by atoms with E-state index in [4.69, 9.17) is 14.2 Å². The number of carbonyl (C=O) groups is 3. The van der Waals surface area contributed by atoms with E-state index in [1.54, 1.807) is 0 Å². The highest BCUT2D eigenvalue weighted by Gasteiger charge is 2.19. The van der Waals surface area contributed by atoms with Gasteiger partial charge >= 0.3 is 17.9 Å². The largest absolute Gasteiger partial charge is 0.462 e. The molecule has 0 aromatic rings. The molecule has 0 bridgehead atoms. The third kappa shape index (κ3) is 65.8. The van der Waals surface area contributed by atoms with Crippen LogP contribution in [0.1, 0.15) is 367 Å². The molecular formula is C73H132O6. The summed E-state index contributed by atoms with van der Waals surface area (Å²) in [4.78, 5) is 38.3. The summed E-state index contributed by atoms with van der Waals surface area (Å²) in [7, 11) is 0. The van der Waals surface area contributed by atoms with Crippen molar-refractivity contribution in [3.63, 3.8) is 0 Å². The summed E-state index contributed by atoms with van der Waals surface area (Å²) in [6.07, 6.45) is 87.0. The molecule has 1 atom stereocenters. The average molecular weight is 1110 g/mol. The Balaban J connectivity index is 4.15. The third-order valence-corrected chi connectivity index (χ3v) is 15.5. The van der Waals surface area contributed by atoms with E-state index in [9.17, 15) is 14.4 Å². The Morgan fingerprint density at radius 3 is 0.810 bits per heavy atom. The van der Waals surface area contributed by atoms with Crippen molar-refractivity contribution in [3.05, 3.63) is 60.8 Å². The standard InChI is InChI=1S/C73H132O6/c1-4-7-10-13-16-19-22-25-27-29-30-31-32-33-34-35-36-37-38-39-40-41-42-44-45-48-51-54-57-60-63-66-72(75)78-69-70(68-77-71(74)65-62-59-56-53-50-47-24-21-18-15-12-9-6-3)79-73(76)67-64-61-58-55-52-49-46-43-28-26-23-20-17-14-11-8-5-2/h9,12,17-18,20-21,26,28,47,50,70H,4-8,10-11,13-16,19,22-25,27,29-46,48-49,51-69H2,1-3H3/b12-9-,20-17-,21-18-,28-26-,50-47-. The second kappa shape index (κ2) is 67.6. The Morgan fingerprint density at radius 2 is 0.494 bits per heavy atom. The molecule has 0 heterocycles. The van der Waals surface area contributed by atoms with Crippen LogP contribution in [-0.4, -0.2) is 37.2 Å². The van der Waals surface area contributed by atoms with Gasteiger partial charge in [0, 0.05) is 19.3 Å². The molecule has 0 aliphatic heterocycles. The highest BCUT2D eigenvalue weighted by Crippen LogP contribution is 2.18. The highest BCUT2D eigenvalue weighted by atomic mass is 16.6. The minimum atomic E-state index is -0.790. The summed E-state index contributed by atoms with van der Waals surface area (Å²) >= 11 is 0.